The third-order valence-electron chi connectivity index (χ3n) is 2.44. The number of hydrogen-bond donors (Lipinski definition) is 0. The second-order valence-corrected chi connectivity index (χ2v) is 4.41. The molecule has 0 N–H and O–H groups in total. The number of rotatable bonds is 3. The van der Waals surface area contributed by atoms with Crippen LogP contribution in [0.15, 0.2) is 53.0 Å². The molecule has 0 unspecified atom stereocenters. The Morgan fingerprint density at radius 2 is 1.53 bits per heavy atom. The normalized spacial score (nSPS) is 10.6. The van der Waals surface area contributed by atoms with Crippen molar-refractivity contribution in [1.82, 2.24) is 0 Å². The van der Waals surface area contributed by atoms with Gasteiger partial charge in [0, 0.05) is 10.0 Å². The minimum Gasteiger partial charge on any atom is -0.298 e. The smallest absolute Gasteiger partial charge is 0.151 e. The first-order valence-corrected chi connectivity index (χ1v) is 6.07. The van der Waals surface area contributed by atoms with Crippen LogP contribution < -0.4 is 0 Å². The molecule has 0 saturated carbocycles. The Bertz CT molecular complexity index is 544. The molecular weight excluding hydrogens is 276 g/mol. The first-order valence-electron chi connectivity index (χ1n) is 5.28. The molecule has 0 aliphatic heterocycles. The van der Waals surface area contributed by atoms with Crippen molar-refractivity contribution in [2.45, 2.75) is 0 Å². The highest BCUT2D eigenvalue weighted by Gasteiger charge is 2.01. The van der Waals surface area contributed by atoms with E-state index >= 15 is 0 Å². The van der Waals surface area contributed by atoms with Gasteiger partial charge in [0.05, 0.1) is 0 Å². The van der Waals surface area contributed by atoms with Gasteiger partial charge >= 0.3 is 0 Å². The van der Waals surface area contributed by atoms with Crippen LogP contribution in [-0.4, -0.2) is 6.29 Å². The number of halogens is 1. The van der Waals surface area contributed by atoms with Gasteiger partial charge in [-0.3, -0.25) is 4.79 Å². The van der Waals surface area contributed by atoms with E-state index in [1.165, 1.54) is 0 Å². The zero-order valence-corrected chi connectivity index (χ0v) is 10.7. The van der Waals surface area contributed by atoms with Crippen molar-refractivity contribution < 1.29 is 4.79 Å². The van der Waals surface area contributed by atoms with E-state index in [9.17, 15) is 4.79 Å². The van der Waals surface area contributed by atoms with Crippen LogP contribution in [-0.2, 0) is 0 Å². The van der Waals surface area contributed by atoms with Crippen LogP contribution in [0.5, 0.6) is 0 Å². The zero-order chi connectivity index (χ0) is 12.1. The Kier molecular flexibility index (Phi) is 3.89. The summed E-state index contributed by atoms with van der Waals surface area (Å²) >= 11 is 3.43. The average Bonchev–Trinajstić information content (AvgIpc) is 2.39. The fourth-order valence-corrected chi connectivity index (χ4v) is 2.03. The molecule has 0 aliphatic rings. The largest absolute Gasteiger partial charge is 0.298 e. The summed E-state index contributed by atoms with van der Waals surface area (Å²) in [4.78, 5) is 10.8. The third-order valence-corrected chi connectivity index (χ3v) is 3.36. The van der Waals surface area contributed by atoms with Crippen molar-refractivity contribution in [2.75, 3.05) is 0 Å². The van der Waals surface area contributed by atoms with Crippen LogP contribution in [0.25, 0.3) is 12.2 Å². The highest BCUT2D eigenvalue weighted by Crippen LogP contribution is 2.22. The molecular formula is C15H11BrO. The number of aldehydes is 1. The minimum absolute atomic E-state index is 0.667. The molecule has 0 fully saturated rings. The monoisotopic (exact) mass is 286 g/mol. The molecule has 84 valence electrons. The van der Waals surface area contributed by atoms with E-state index < -0.39 is 0 Å². The highest BCUT2D eigenvalue weighted by molar-refractivity contribution is 9.10. The maximum Gasteiger partial charge on any atom is 0.151 e. The molecule has 2 aromatic rings. The SMILES string of the molecule is O=Cc1cccc(/C=C/c2ccccc2)c1Br. The quantitative estimate of drug-likeness (QED) is 0.603. The van der Waals surface area contributed by atoms with Crippen LogP contribution in [0.2, 0.25) is 0 Å². The van der Waals surface area contributed by atoms with Crippen molar-refractivity contribution >= 4 is 34.4 Å². The number of carbonyl (C=O) groups is 1. The average molecular weight is 287 g/mol. The second-order valence-electron chi connectivity index (χ2n) is 3.61. The standard InChI is InChI=1S/C15H11BrO/c16-15-13(7-4-8-14(15)11-17)10-9-12-5-2-1-3-6-12/h1-11H/b10-9+. The summed E-state index contributed by atoms with van der Waals surface area (Å²) in [5, 5.41) is 0. The van der Waals surface area contributed by atoms with Crippen LogP contribution in [0.3, 0.4) is 0 Å². The third kappa shape index (κ3) is 2.92. The lowest BCUT2D eigenvalue weighted by atomic mass is 10.1. The summed E-state index contributed by atoms with van der Waals surface area (Å²) in [5.74, 6) is 0. The molecule has 0 radical (unpaired) electrons. The number of hydrogen-bond acceptors (Lipinski definition) is 1. The van der Waals surface area contributed by atoms with E-state index in [2.05, 4.69) is 15.9 Å². The summed E-state index contributed by atoms with van der Waals surface area (Å²) in [7, 11) is 0. The molecule has 0 amide bonds. The Hall–Kier alpha value is -1.67. The molecule has 0 aliphatic carbocycles. The van der Waals surface area contributed by atoms with Crippen LogP contribution in [0.1, 0.15) is 21.5 Å². The molecule has 1 nitrogen and oxygen atoms in total. The maximum absolute atomic E-state index is 10.8. The number of benzene rings is 2. The summed E-state index contributed by atoms with van der Waals surface area (Å²) in [6, 6.07) is 15.7. The fraction of sp³-hybridized carbons (Fsp3) is 0. The molecule has 0 bridgehead atoms. The summed E-state index contributed by atoms with van der Waals surface area (Å²) in [5.41, 5.74) is 2.80. The van der Waals surface area contributed by atoms with E-state index in [1.54, 1.807) is 6.07 Å². The van der Waals surface area contributed by atoms with E-state index in [1.807, 2.05) is 54.6 Å². The van der Waals surface area contributed by atoms with Gasteiger partial charge in [0.15, 0.2) is 6.29 Å². The van der Waals surface area contributed by atoms with Crippen LogP contribution in [0.4, 0.5) is 0 Å². The molecule has 2 aromatic carbocycles. The van der Waals surface area contributed by atoms with Gasteiger partial charge in [0.25, 0.3) is 0 Å². The van der Waals surface area contributed by atoms with Crippen molar-refractivity contribution in [1.29, 1.82) is 0 Å². The van der Waals surface area contributed by atoms with Gasteiger partial charge in [0.1, 0.15) is 0 Å². The van der Waals surface area contributed by atoms with Gasteiger partial charge in [-0.15, -0.1) is 0 Å². The molecule has 0 atom stereocenters. The predicted molar refractivity (Wildman–Crippen MR) is 74.9 cm³/mol. The van der Waals surface area contributed by atoms with Crippen LogP contribution >= 0.6 is 15.9 Å². The Morgan fingerprint density at radius 3 is 2.24 bits per heavy atom. The van der Waals surface area contributed by atoms with Gasteiger partial charge < -0.3 is 0 Å². The summed E-state index contributed by atoms with van der Waals surface area (Å²) in [6.07, 6.45) is 4.87. The first kappa shape index (κ1) is 11.8. The second kappa shape index (κ2) is 5.60. The molecule has 2 rings (SSSR count). The molecule has 0 spiro atoms. The lowest BCUT2D eigenvalue weighted by Crippen LogP contribution is -1.84. The van der Waals surface area contributed by atoms with Gasteiger partial charge in [-0.2, -0.15) is 0 Å². The first-order chi connectivity index (χ1) is 8.31. The Morgan fingerprint density at radius 1 is 0.824 bits per heavy atom. The lowest BCUT2D eigenvalue weighted by molar-refractivity contribution is 0.112. The minimum atomic E-state index is 0.667. The van der Waals surface area contributed by atoms with Gasteiger partial charge in [-0.25, -0.2) is 0 Å². The van der Waals surface area contributed by atoms with Crippen molar-refractivity contribution in [3.05, 3.63) is 69.7 Å². The van der Waals surface area contributed by atoms with E-state index in [0.29, 0.717) is 5.56 Å². The summed E-state index contributed by atoms with van der Waals surface area (Å²) in [6.45, 7) is 0. The van der Waals surface area contributed by atoms with E-state index in [0.717, 1.165) is 21.9 Å². The van der Waals surface area contributed by atoms with Gasteiger partial charge in [0.2, 0.25) is 0 Å². The van der Waals surface area contributed by atoms with Crippen molar-refractivity contribution in [3.8, 4) is 0 Å². The van der Waals surface area contributed by atoms with E-state index in [4.69, 9.17) is 0 Å². The number of carbonyl (C=O) groups excluding carboxylic acids is 1. The maximum atomic E-state index is 10.8. The molecule has 17 heavy (non-hydrogen) atoms. The molecule has 2 heteroatoms. The van der Waals surface area contributed by atoms with Crippen molar-refractivity contribution in [3.63, 3.8) is 0 Å². The Labute approximate surface area is 109 Å². The lowest BCUT2D eigenvalue weighted by Gasteiger charge is -2.01. The topological polar surface area (TPSA) is 17.1 Å². The Balaban J connectivity index is 2.31. The summed E-state index contributed by atoms with van der Waals surface area (Å²) < 4.78 is 0.835. The molecule has 0 saturated heterocycles. The highest BCUT2D eigenvalue weighted by atomic mass is 79.9. The van der Waals surface area contributed by atoms with Gasteiger partial charge in [-0.05, 0) is 27.1 Å². The zero-order valence-electron chi connectivity index (χ0n) is 9.14. The van der Waals surface area contributed by atoms with Crippen molar-refractivity contribution in [2.24, 2.45) is 0 Å². The fourth-order valence-electron chi connectivity index (χ4n) is 1.54. The van der Waals surface area contributed by atoms with Crippen LogP contribution in [0, 0.1) is 0 Å². The van der Waals surface area contributed by atoms with E-state index in [-0.39, 0.29) is 0 Å². The molecule has 0 heterocycles. The molecule has 0 aromatic heterocycles. The van der Waals surface area contributed by atoms with Gasteiger partial charge in [-0.1, -0.05) is 60.7 Å². The predicted octanol–water partition coefficient (Wildman–Crippen LogP) is 4.43.